The van der Waals surface area contributed by atoms with Crippen molar-refractivity contribution in [2.75, 3.05) is 0 Å². The minimum Gasteiger partial charge on any atom is -0.271 e. The maximum absolute atomic E-state index is 5.73. The van der Waals surface area contributed by atoms with Gasteiger partial charge in [0.25, 0.3) is 0 Å². The molecule has 2 rings (SSSR count). The summed E-state index contributed by atoms with van der Waals surface area (Å²) in [6.07, 6.45) is 0.887. The van der Waals surface area contributed by atoms with Gasteiger partial charge >= 0.3 is 0 Å². The molecule has 0 saturated carbocycles. The predicted octanol–water partition coefficient (Wildman–Crippen LogP) is 3.81. The summed E-state index contributed by atoms with van der Waals surface area (Å²) >= 11 is 3.60. The van der Waals surface area contributed by atoms with Gasteiger partial charge in [-0.1, -0.05) is 58.4 Å². The van der Waals surface area contributed by atoms with E-state index in [0.717, 1.165) is 6.42 Å². The fourth-order valence-corrected chi connectivity index (χ4v) is 2.53. The highest BCUT2D eigenvalue weighted by atomic mass is 79.9. The number of nitrogens with one attached hydrogen (secondary N) is 1. The van der Waals surface area contributed by atoms with Crippen LogP contribution in [0, 0.1) is 13.8 Å². The highest BCUT2D eigenvalue weighted by Gasteiger charge is 2.13. The summed E-state index contributed by atoms with van der Waals surface area (Å²) in [7, 11) is 0. The van der Waals surface area contributed by atoms with Gasteiger partial charge in [0.1, 0.15) is 0 Å². The van der Waals surface area contributed by atoms with Crippen LogP contribution in [0.5, 0.6) is 0 Å². The van der Waals surface area contributed by atoms with Crippen LogP contribution in [0.2, 0.25) is 0 Å². The van der Waals surface area contributed by atoms with E-state index in [1.165, 1.54) is 26.7 Å². The monoisotopic (exact) mass is 318 g/mol. The number of halogens is 1. The van der Waals surface area contributed by atoms with E-state index in [4.69, 9.17) is 5.84 Å². The molecule has 0 fully saturated rings. The Morgan fingerprint density at radius 2 is 1.68 bits per heavy atom. The van der Waals surface area contributed by atoms with Crippen molar-refractivity contribution < 1.29 is 0 Å². The number of aryl methyl sites for hydroxylation is 2. The Bertz CT molecular complexity index is 529. The van der Waals surface area contributed by atoms with Crippen molar-refractivity contribution in [3.8, 4) is 0 Å². The van der Waals surface area contributed by atoms with E-state index < -0.39 is 0 Å². The molecule has 0 aliphatic carbocycles. The Morgan fingerprint density at radius 3 is 2.21 bits per heavy atom. The van der Waals surface area contributed by atoms with Crippen LogP contribution in [0.25, 0.3) is 0 Å². The molecule has 2 aromatic carbocycles. The molecule has 1 unspecified atom stereocenters. The van der Waals surface area contributed by atoms with E-state index in [-0.39, 0.29) is 6.04 Å². The van der Waals surface area contributed by atoms with Crippen molar-refractivity contribution in [3.63, 3.8) is 0 Å². The Morgan fingerprint density at radius 1 is 1.11 bits per heavy atom. The summed E-state index contributed by atoms with van der Waals surface area (Å²) in [4.78, 5) is 0. The van der Waals surface area contributed by atoms with Gasteiger partial charge in [-0.15, -0.1) is 0 Å². The van der Waals surface area contributed by atoms with Gasteiger partial charge in [-0.25, -0.2) is 0 Å². The van der Waals surface area contributed by atoms with Crippen molar-refractivity contribution in [1.82, 2.24) is 5.43 Å². The first kappa shape index (κ1) is 14.3. The van der Waals surface area contributed by atoms with Crippen molar-refractivity contribution >= 4 is 15.9 Å². The SMILES string of the molecule is Cc1cc(C(Cc2ccccc2)NN)cc(C)c1Br. The van der Waals surface area contributed by atoms with Gasteiger partial charge in [-0.3, -0.25) is 11.3 Å². The van der Waals surface area contributed by atoms with Gasteiger partial charge in [0.15, 0.2) is 0 Å². The number of hydrogen-bond donors (Lipinski definition) is 2. The summed E-state index contributed by atoms with van der Waals surface area (Å²) in [6, 6.07) is 14.9. The second kappa shape index (κ2) is 6.33. The summed E-state index contributed by atoms with van der Waals surface area (Å²) in [5.41, 5.74) is 7.91. The second-order valence-electron chi connectivity index (χ2n) is 4.88. The molecule has 0 spiro atoms. The zero-order valence-electron chi connectivity index (χ0n) is 11.3. The van der Waals surface area contributed by atoms with Crippen molar-refractivity contribution in [2.24, 2.45) is 5.84 Å². The Kier molecular flexibility index (Phi) is 4.75. The van der Waals surface area contributed by atoms with E-state index >= 15 is 0 Å². The highest BCUT2D eigenvalue weighted by molar-refractivity contribution is 9.10. The van der Waals surface area contributed by atoms with E-state index in [2.05, 4.69) is 71.6 Å². The lowest BCUT2D eigenvalue weighted by Crippen LogP contribution is -2.29. The molecule has 0 aromatic heterocycles. The molecule has 3 N–H and O–H groups in total. The standard InChI is InChI=1S/C16H19BrN2/c1-11-8-14(9-12(2)16(11)17)15(19-18)10-13-6-4-3-5-7-13/h3-9,15,19H,10,18H2,1-2H3. The number of hydrazine groups is 1. The van der Waals surface area contributed by atoms with Crippen LogP contribution in [0.1, 0.15) is 28.3 Å². The number of nitrogens with two attached hydrogens (primary N) is 1. The van der Waals surface area contributed by atoms with E-state index in [1.807, 2.05) is 6.07 Å². The first-order valence-electron chi connectivity index (χ1n) is 6.38. The molecule has 2 aromatic rings. The quantitative estimate of drug-likeness (QED) is 0.664. The third kappa shape index (κ3) is 3.44. The smallest absolute Gasteiger partial charge is 0.0500 e. The van der Waals surface area contributed by atoms with Crippen molar-refractivity contribution in [1.29, 1.82) is 0 Å². The molecule has 19 heavy (non-hydrogen) atoms. The molecule has 0 radical (unpaired) electrons. The first-order valence-corrected chi connectivity index (χ1v) is 7.18. The normalized spacial score (nSPS) is 12.4. The average molecular weight is 319 g/mol. The van der Waals surface area contributed by atoms with Crippen LogP contribution in [0.15, 0.2) is 46.9 Å². The maximum atomic E-state index is 5.73. The van der Waals surface area contributed by atoms with Crippen LogP contribution in [-0.2, 0) is 6.42 Å². The van der Waals surface area contributed by atoms with E-state index in [0.29, 0.717) is 0 Å². The van der Waals surface area contributed by atoms with Crippen LogP contribution in [0.4, 0.5) is 0 Å². The van der Waals surface area contributed by atoms with Crippen molar-refractivity contribution in [3.05, 3.63) is 69.2 Å². The highest BCUT2D eigenvalue weighted by Crippen LogP contribution is 2.26. The largest absolute Gasteiger partial charge is 0.271 e. The minimum absolute atomic E-state index is 0.132. The predicted molar refractivity (Wildman–Crippen MR) is 83.8 cm³/mol. The van der Waals surface area contributed by atoms with Crippen LogP contribution >= 0.6 is 15.9 Å². The summed E-state index contributed by atoms with van der Waals surface area (Å²) in [5, 5.41) is 0. The molecule has 0 bridgehead atoms. The third-order valence-electron chi connectivity index (χ3n) is 3.34. The Hall–Kier alpha value is -1.16. The fraction of sp³-hybridized carbons (Fsp3) is 0.250. The Balaban J connectivity index is 2.27. The number of benzene rings is 2. The minimum atomic E-state index is 0.132. The molecule has 0 saturated heterocycles. The van der Waals surface area contributed by atoms with Crippen LogP contribution in [0.3, 0.4) is 0 Å². The molecule has 0 aliphatic rings. The lowest BCUT2D eigenvalue weighted by Gasteiger charge is -2.18. The molecule has 0 amide bonds. The molecule has 1 atom stereocenters. The number of rotatable bonds is 4. The summed E-state index contributed by atoms with van der Waals surface area (Å²) in [6.45, 7) is 4.22. The average Bonchev–Trinajstić information content (AvgIpc) is 2.42. The van der Waals surface area contributed by atoms with Gasteiger partial charge < -0.3 is 0 Å². The lowest BCUT2D eigenvalue weighted by atomic mass is 9.96. The van der Waals surface area contributed by atoms with E-state index in [1.54, 1.807) is 0 Å². The summed E-state index contributed by atoms with van der Waals surface area (Å²) in [5.74, 6) is 5.73. The summed E-state index contributed by atoms with van der Waals surface area (Å²) < 4.78 is 1.17. The zero-order chi connectivity index (χ0) is 13.8. The van der Waals surface area contributed by atoms with Gasteiger partial charge in [0.2, 0.25) is 0 Å². The Labute approximate surface area is 123 Å². The zero-order valence-corrected chi connectivity index (χ0v) is 12.9. The molecular weight excluding hydrogens is 300 g/mol. The van der Waals surface area contributed by atoms with Gasteiger partial charge in [-0.2, -0.15) is 0 Å². The van der Waals surface area contributed by atoms with Crippen LogP contribution < -0.4 is 11.3 Å². The van der Waals surface area contributed by atoms with Gasteiger partial charge in [-0.05, 0) is 42.5 Å². The first-order chi connectivity index (χ1) is 9.11. The maximum Gasteiger partial charge on any atom is 0.0500 e. The van der Waals surface area contributed by atoms with Gasteiger partial charge in [0.05, 0.1) is 0 Å². The second-order valence-corrected chi connectivity index (χ2v) is 5.67. The van der Waals surface area contributed by atoms with Crippen LogP contribution in [-0.4, -0.2) is 0 Å². The molecule has 3 heteroatoms. The topological polar surface area (TPSA) is 38.0 Å². The third-order valence-corrected chi connectivity index (χ3v) is 4.60. The lowest BCUT2D eigenvalue weighted by molar-refractivity contribution is 0.551. The molecule has 0 heterocycles. The van der Waals surface area contributed by atoms with E-state index in [9.17, 15) is 0 Å². The molecule has 2 nitrogen and oxygen atoms in total. The molecular formula is C16H19BrN2. The van der Waals surface area contributed by atoms with Gasteiger partial charge in [0, 0.05) is 10.5 Å². The fourth-order valence-electron chi connectivity index (χ4n) is 2.30. The van der Waals surface area contributed by atoms with Crippen molar-refractivity contribution in [2.45, 2.75) is 26.3 Å². The number of hydrogen-bond acceptors (Lipinski definition) is 2. The molecule has 0 aliphatic heterocycles. The molecule has 100 valence electrons.